The molecule has 2 nitrogen and oxygen atoms in total. The van der Waals surface area contributed by atoms with Gasteiger partial charge in [-0.2, -0.15) is 13.2 Å². The zero-order valence-electron chi connectivity index (χ0n) is 15.8. The average molecular weight is 412 g/mol. The molecule has 2 aromatic rings. The summed E-state index contributed by atoms with van der Waals surface area (Å²) in [5.41, 5.74) is -2.91. The van der Waals surface area contributed by atoms with E-state index in [9.17, 15) is 27.1 Å². The third-order valence-electron chi connectivity index (χ3n) is 6.42. The summed E-state index contributed by atoms with van der Waals surface area (Å²) in [6, 6.07) is 6.60. The first-order valence-corrected chi connectivity index (χ1v) is 9.55. The van der Waals surface area contributed by atoms with Gasteiger partial charge in [0.25, 0.3) is 0 Å². The van der Waals surface area contributed by atoms with Gasteiger partial charge in [0.1, 0.15) is 18.0 Å². The first-order valence-electron chi connectivity index (χ1n) is 9.55. The lowest BCUT2D eigenvalue weighted by Crippen LogP contribution is -2.62. The molecule has 1 fully saturated rings. The topological polar surface area (TPSA) is 29.5 Å². The van der Waals surface area contributed by atoms with Gasteiger partial charge in [-0.05, 0) is 61.4 Å². The molecule has 0 spiro atoms. The van der Waals surface area contributed by atoms with Gasteiger partial charge >= 0.3 is 6.18 Å². The van der Waals surface area contributed by atoms with Crippen LogP contribution in [-0.2, 0) is 18.0 Å². The molecule has 0 aromatic heterocycles. The van der Waals surface area contributed by atoms with Crippen LogP contribution in [0.2, 0.25) is 0 Å². The summed E-state index contributed by atoms with van der Waals surface area (Å²) in [6.07, 6.45) is -2.98. The smallest absolute Gasteiger partial charge is 0.416 e. The van der Waals surface area contributed by atoms with Crippen LogP contribution in [0.5, 0.6) is 5.75 Å². The Kier molecular flexibility index (Phi) is 4.64. The quantitative estimate of drug-likeness (QED) is 0.669. The molecule has 1 heterocycles. The predicted octanol–water partition coefficient (Wildman–Crippen LogP) is 5.41. The average Bonchev–Trinajstić information content (AvgIpc) is 2.64. The fourth-order valence-corrected chi connectivity index (χ4v) is 4.97. The van der Waals surface area contributed by atoms with Crippen LogP contribution in [0.1, 0.15) is 42.9 Å². The predicted molar refractivity (Wildman–Crippen MR) is 96.6 cm³/mol. The normalized spacial score (nSPS) is 29.0. The third-order valence-corrected chi connectivity index (χ3v) is 6.42. The zero-order chi connectivity index (χ0) is 21.0. The van der Waals surface area contributed by atoms with Gasteiger partial charge in [0.15, 0.2) is 11.6 Å². The molecule has 29 heavy (non-hydrogen) atoms. The van der Waals surface area contributed by atoms with E-state index in [-0.39, 0.29) is 30.3 Å². The van der Waals surface area contributed by atoms with Gasteiger partial charge in [0, 0.05) is 11.0 Å². The summed E-state index contributed by atoms with van der Waals surface area (Å²) in [5, 5.41) is 11.5. The number of fused-ring (bicyclic) bond motifs is 3. The Balaban J connectivity index is 1.84. The lowest BCUT2D eigenvalue weighted by molar-refractivity contribution is -0.137. The highest BCUT2D eigenvalue weighted by molar-refractivity contribution is 5.48. The Morgan fingerprint density at radius 3 is 2.38 bits per heavy atom. The van der Waals surface area contributed by atoms with Crippen molar-refractivity contribution in [2.24, 2.45) is 5.92 Å². The number of ether oxygens (including phenoxy) is 1. The van der Waals surface area contributed by atoms with Crippen LogP contribution >= 0.6 is 0 Å². The second kappa shape index (κ2) is 6.69. The Labute approximate surface area is 165 Å². The second-order valence-electron chi connectivity index (χ2n) is 8.36. The molecule has 0 saturated heterocycles. The van der Waals surface area contributed by atoms with E-state index < -0.39 is 34.4 Å². The van der Waals surface area contributed by atoms with Crippen LogP contribution in [-0.4, -0.2) is 17.3 Å². The van der Waals surface area contributed by atoms with Crippen LogP contribution < -0.4 is 4.74 Å². The van der Waals surface area contributed by atoms with Gasteiger partial charge < -0.3 is 9.84 Å². The van der Waals surface area contributed by atoms with Gasteiger partial charge in [-0.15, -0.1) is 0 Å². The van der Waals surface area contributed by atoms with E-state index >= 15 is 0 Å². The molecule has 0 amide bonds. The molecule has 0 bridgehead atoms. The highest BCUT2D eigenvalue weighted by Gasteiger charge is 2.59. The number of alkyl halides is 3. The lowest BCUT2D eigenvalue weighted by Gasteiger charge is -2.55. The van der Waals surface area contributed by atoms with Crippen LogP contribution in [0, 0.1) is 17.6 Å². The summed E-state index contributed by atoms with van der Waals surface area (Å²) in [5.74, 6) is -1.45. The van der Waals surface area contributed by atoms with Crippen molar-refractivity contribution in [2.75, 3.05) is 6.61 Å². The molecule has 1 N–H and O–H groups in total. The minimum atomic E-state index is -4.46. The third kappa shape index (κ3) is 3.19. The lowest BCUT2D eigenvalue weighted by atomic mass is 9.54. The SMILES string of the molecule is C[C@@H]1CC[C@@]2(Cc3ccc(C(F)(F)F)cc3)c3c(F)ccc(F)c3OC[C@]2(O)C1. The van der Waals surface area contributed by atoms with Crippen LogP contribution in [0.4, 0.5) is 22.0 Å². The standard InChI is InChI=1S/C22H21F5O2/c1-13-8-9-20(11-14-2-4-15(5-3-14)22(25,26)27)18-16(23)6-7-17(24)19(18)29-12-21(20,28)10-13/h2-7,13,28H,8-12H2,1H3/t13-,20-,21-/m1/s1. The number of benzene rings is 2. The molecule has 0 radical (unpaired) electrons. The van der Waals surface area contributed by atoms with Crippen molar-refractivity contribution in [3.8, 4) is 5.75 Å². The Morgan fingerprint density at radius 1 is 1.07 bits per heavy atom. The first-order chi connectivity index (χ1) is 13.6. The van der Waals surface area contributed by atoms with E-state index in [0.717, 1.165) is 24.3 Å². The summed E-state index contributed by atoms with van der Waals surface area (Å²) in [6.45, 7) is 1.78. The van der Waals surface area contributed by atoms with E-state index in [1.807, 2.05) is 6.92 Å². The summed E-state index contributed by atoms with van der Waals surface area (Å²) >= 11 is 0. The van der Waals surface area contributed by atoms with Gasteiger partial charge in [0.05, 0.1) is 5.56 Å². The van der Waals surface area contributed by atoms with Gasteiger partial charge in [-0.1, -0.05) is 19.1 Å². The molecule has 2 aliphatic rings. The number of halogens is 5. The number of rotatable bonds is 2. The molecule has 3 atom stereocenters. The number of aliphatic hydroxyl groups is 1. The molecular weight excluding hydrogens is 391 g/mol. The van der Waals surface area contributed by atoms with Crippen molar-refractivity contribution >= 4 is 0 Å². The summed E-state index contributed by atoms with van der Waals surface area (Å²) in [4.78, 5) is 0. The molecule has 7 heteroatoms. The van der Waals surface area contributed by atoms with E-state index in [0.29, 0.717) is 24.8 Å². The Hall–Kier alpha value is -2.15. The van der Waals surface area contributed by atoms with Crippen molar-refractivity contribution in [1.29, 1.82) is 0 Å². The maximum atomic E-state index is 15.0. The Morgan fingerprint density at radius 2 is 1.72 bits per heavy atom. The molecule has 1 aliphatic heterocycles. The van der Waals surface area contributed by atoms with E-state index in [4.69, 9.17) is 4.74 Å². The highest BCUT2D eigenvalue weighted by Crippen LogP contribution is 2.56. The van der Waals surface area contributed by atoms with Crippen LogP contribution in [0.15, 0.2) is 36.4 Å². The first kappa shape index (κ1) is 20.1. The molecule has 1 aliphatic carbocycles. The van der Waals surface area contributed by atoms with Gasteiger partial charge in [0.2, 0.25) is 0 Å². The fraction of sp³-hybridized carbons (Fsp3) is 0.455. The maximum Gasteiger partial charge on any atom is 0.416 e. The van der Waals surface area contributed by atoms with Gasteiger partial charge in [-0.25, -0.2) is 8.78 Å². The van der Waals surface area contributed by atoms with Crippen molar-refractivity contribution in [1.82, 2.24) is 0 Å². The number of hydrogen-bond acceptors (Lipinski definition) is 2. The van der Waals surface area contributed by atoms with E-state index in [2.05, 4.69) is 0 Å². The van der Waals surface area contributed by atoms with Crippen molar-refractivity contribution < 1.29 is 31.8 Å². The monoisotopic (exact) mass is 412 g/mol. The zero-order valence-corrected chi connectivity index (χ0v) is 15.8. The summed E-state index contributed by atoms with van der Waals surface area (Å²) < 4.78 is 73.5. The van der Waals surface area contributed by atoms with Gasteiger partial charge in [-0.3, -0.25) is 0 Å². The van der Waals surface area contributed by atoms with Crippen molar-refractivity contribution in [2.45, 2.75) is 49.8 Å². The van der Waals surface area contributed by atoms with Crippen LogP contribution in [0.25, 0.3) is 0 Å². The minimum absolute atomic E-state index is 0.0157. The largest absolute Gasteiger partial charge is 0.487 e. The van der Waals surface area contributed by atoms with E-state index in [1.54, 1.807) is 0 Å². The molecule has 0 unspecified atom stereocenters. The molecule has 156 valence electrons. The Bertz CT molecular complexity index is 924. The second-order valence-corrected chi connectivity index (χ2v) is 8.36. The molecule has 2 aromatic carbocycles. The van der Waals surface area contributed by atoms with Crippen molar-refractivity contribution in [3.63, 3.8) is 0 Å². The van der Waals surface area contributed by atoms with Crippen molar-refractivity contribution in [3.05, 3.63) is 64.7 Å². The number of hydrogen-bond donors (Lipinski definition) is 1. The maximum absolute atomic E-state index is 15.0. The molecule has 1 saturated carbocycles. The molecule has 4 rings (SSSR count). The van der Waals surface area contributed by atoms with E-state index in [1.165, 1.54) is 12.1 Å². The summed E-state index contributed by atoms with van der Waals surface area (Å²) in [7, 11) is 0. The fourth-order valence-electron chi connectivity index (χ4n) is 4.97. The van der Waals surface area contributed by atoms with Crippen LogP contribution in [0.3, 0.4) is 0 Å². The molecular formula is C22H21F5O2. The minimum Gasteiger partial charge on any atom is -0.487 e. The highest BCUT2D eigenvalue weighted by atomic mass is 19.4.